The van der Waals surface area contributed by atoms with Crippen LogP contribution in [0.4, 0.5) is 18.9 Å². The topological polar surface area (TPSA) is 24.5 Å². The van der Waals surface area contributed by atoms with E-state index in [1.165, 1.54) is 17.8 Å². The van der Waals surface area contributed by atoms with Gasteiger partial charge in [-0.15, -0.1) is 0 Å². The summed E-state index contributed by atoms with van der Waals surface area (Å²) in [5.41, 5.74) is 0.220. The highest BCUT2D eigenvalue weighted by molar-refractivity contribution is 7.99. The molecule has 134 valence electrons. The van der Waals surface area contributed by atoms with Gasteiger partial charge < -0.3 is 15.0 Å². The lowest BCUT2D eigenvalue weighted by atomic mass is 10.1. The van der Waals surface area contributed by atoms with Crippen molar-refractivity contribution in [2.75, 3.05) is 38.2 Å². The Morgan fingerprint density at radius 3 is 2.32 bits per heavy atom. The van der Waals surface area contributed by atoms with Crippen LogP contribution in [-0.4, -0.2) is 33.3 Å². The zero-order valence-electron chi connectivity index (χ0n) is 13.8. The van der Waals surface area contributed by atoms with E-state index in [1.807, 2.05) is 12.1 Å². The fourth-order valence-corrected chi connectivity index (χ4v) is 3.72. The Hall–Kier alpha value is -1.86. The number of alkyl halides is 3. The molecule has 0 unspecified atom stereocenters. The van der Waals surface area contributed by atoms with Crippen LogP contribution in [0.2, 0.25) is 0 Å². The van der Waals surface area contributed by atoms with Gasteiger partial charge in [-0.3, -0.25) is 0 Å². The Kier molecular flexibility index (Phi) is 5.44. The standard InChI is InChI=1S/C18H19F3N2OS/c1-24-14-3-5-15(6-4-14)25-17-12-13(18(19,20)21)2-7-16(17)23-10-8-22-9-11-23/h2-7,12,22H,8-11H2,1H3. The summed E-state index contributed by atoms with van der Waals surface area (Å²) in [6, 6.07) is 11.3. The molecule has 3 nitrogen and oxygen atoms in total. The summed E-state index contributed by atoms with van der Waals surface area (Å²) in [6.45, 7) is 3.21. The molecule has 1 N–H and O–H groups in total. The molecule has 0 spiro atoms. The molecule has 0 amide bonds. The van der Waals surface area contributed by atoms with Crippen LogP contribution in [0.3, 0.4) is 0 Å². The van der Waals surface area contributed by atoms with Crippen LogP contribution in [0.15, 0.2) is 52.3 Å². The molecule has 2 aromatic rings. The predicted octanol–water partition coefficient (Wildman–Crippen LogP) is 4.27. The van der Waals surface area contributed by atoms with E-state index < -0.39 is 11.7 Å². The molecule has 0 aliphatic carbocycles. The normalized spacial score (nSPS) is 15.3. The fraction of sp³-hybridized carbons (Fsp3) is 0.333. The number of piperazine rings is 1. The van der Waals surface area contributed by atoms with Crippen molar-refractivity contribution in [1.29, 1.82) is 0 Å². The van der Waals surface area contributed by atoms with E-state index in [0.717, 1.165) is 48.6 Å². The molecule has 1 saturated heterocycles. The molecule has 7 heteroatoms. The molecule has 1 aliphatic rings. The number of nitrogens with zero attached hydrogens (tertiary/aromatic N) is 1. The van der Waals surface area contributed by atoms with Crippen molar-refractivity contribution in [3.8, 4) is 5.75 Å². The summed E-state index contributed by atoms with van der Waals surface area (Å²) < 4.78 is 44.5. The summed E-state index contributed by atoms with van der Waals surface area (Å²) in [6.07, 6.45) is -4.35. The molecule has 25 heavy (non-hydrogen) atoms. The van der Waals surface area contributed by atoms with Gasteiger partial charge in [0.05, 0.1) is 18.4 Å². The molecule has 1 heterocycles. The Labute approximate surface area is 149 Å². The zero-order valence-corrected chi connectivity index (χ0v) is 14.6. The summed E-state index contributed by atoms with van der Waals surface area (Å²) in [4.78, 5) is 3.61. The molecule has 1 fully saturated rings. The van der Waals surface area contributed by atoms with Gasteiger partial charge in [0.2, 0.25) is 0 Å². The van der Waals surface area contributed by atoms with Gasteiger partial charge in [0.15, 0.2) is 0 Å². The van der Waals surface area contributed by atoms with Crippen LogP contribution in [0, 0.1) is 0 Å². The number of benzene rings is 2. The van der Waals surface area contributed by atoms with E-state index in [2.05, 4.69) is 10.2 Å². The van der Waals surface area contributed by atoms with Gasteiger partial charge in [-0.25, -0.2) is 0 Å². The molecule has 2 aromatic carbocycles. The van der Waals surface area contributed by atoms with Crippen LogP contribution in [0.25, 0.3) is 0 Å². The molecule has 1 aliphatic heterocycles. The largest absolute Gasteiger partial charge is 0.497 e. The van der Waals surface area contributed by atoms with Gasteiger partial charge in [-0.1, -0.05) is 11.8 Å². The Morgan fingerprint density at radius 2 is 1.72 bits per heavy atom. The maximum absolute atomic E-state index is 13.1. The second-order valence-electron chi connectivity index (χ2n) is 5.69. The Bertz CT molecular complexity index is 713. The highest BCUT2D eigenvalue weighted by atomic mass is 32.2. The van der Waals surface area contributed by atoms with Gasteiger partial charge in [0.25, 0.3) is 0 Å². The Morgan fingerprint density at radius 1 is 1.04 bits per heavy atom. The molecular weight excluding hydrogens is 349 g/mol. The first kappa shape index (κ1) is 17.9. The minimum Gasteiger partial charge on any atom is -0.497 e. The van der Waals surface area contributed by atoms with E-state index in [1.54, 1.807) is 25.3 Å². The van der Waals surface area contributed by atoms with Gasteiger partial charge in [0.1, 0.15) is 5.75 Å². The highest BCUT2D eigenvalue weighted by Crippen LogP contribution is 2.40. The Balaban J connectivity index is 1.94. The number of hydrogen-bond donors (Lipinski definition) is 1. The first-order valence-electron chi connectivity index (χ1n) is 7.96. The predicted molar refractivity (Wildman–Crippen MR) is 93.6 cm³/mol. The first-order valence-corrected chi connectivity index (χ1v) is 8.78. The van der Waals surface area contributed by atoms with Gasteiger partial charge >= 0.3 is 6.18 Å². The zero-order chi connectivity index (χ0) is 17.9. The van der Waals surface area contributed by atoms with E-state index >= 15 is 0 Å². The van der Waals surface area contributed by atoms with Crippen LogP contribution in [-0.2, 0) is 6.18 Å². The highest BCUT2D eigenvalue weighted by Gasteiger charge is 2.31. The second kappa shape index (κ2) is 7.58. The van der Waals surface area contributed by atoms with E-state index in [9.17, 15) is 13.2 Å². The third kappa shape index (κ3) is 4.41. The van der Waals surface area contributed by atoms with Gasteiger partial charge in [-0.05, 0) is 42.5 Å². The number of rotatable bonds is 4. The third-order valence-corrected chi connectivity index (χ3v) is 5.09. The van der Waals surface area contributed by atoms with Gasteiger partial charge in [0, 0.05) is 36.0 Å². The molecule has 0 saturated carbocycles. The summed E-state index contributed by atoms with van der Waals surface area (Å²) in [7, 11) is 1.58. The number of methoxy groups -OCH3 is 1. The molecule has 0 aromatic heterocycles. The average Bonchev–Trinajstić information content (AvgIpc) is 2.62. The number of ether oxygens (including phenoxy) is 1. The first-order chi connectivity index (χ1) is 12.0. The maximum Gasteiger partial charge on any atom is 0.416 e. The van der Waals surface area contributed by atoms with Gasteiger partial charge in [-0.2, -0.15) is 13.2 Å². The van der Waals surface area contributed by atoms with Crippen molar-refractivity contribution < 1.29 is 17.9 Å². The average molecular weight is 368 g/mol. The van der Waals surface area contributed by atoms with Crippen molar-refractivity contribution >= 4 is 17.4 Å². The summed E-state index contributed by atoms with van der Waals surface area (Å²) in [5.74, 6) is 0.718. The minimum atomic E-state index is -4.35. The van der Waals surface area contributed by atoms with Crippen molar-refractivity contribution in [3.05, 3.63) is 48.0 Å². The molecule has 3 rings (SSSR count). The monoisotopic (exact) mass is 368 g/mol. The lowest BCUT2D eigenvalue weighted by molar-refractivity contribution is -0.137. The van der Waals surface area contributed by atoms with Crippen LogP contribution >= 0.6 is 11.8 Å². The lowest BCUT2D eigenvalue weighted by Gasteiger charge is -2.31. The maximum atomic E-state index is 13.1. The van der Waals surface area contributed by atoms with Crippen molar-refractivity contribution in [2.45, 2.75) is 16.0 Å². The fourth-order valence-electron chi connectivity index (χ4n) is 2.71. The van der Waals surface area contributed by atoms with Crippen LogP contribution in [0.5, 0.6) is 5.75 Å². The SMILES string of the molecule is COc1ccc(Sc2cc(C(F)(F)F)ccc2N2CCNCC2)cc1. The number of anilines is 1. The molecular formula is C18H19F3N2OS. The molecule has 0 radical (unpaired) electrons. The van der Waals surface area contributed by atoms with Crippen molar-refractivity contribution in [3.63, 3.8) is 0 Å². The van der Waals surface area contributed by atoms with Crippen molar-refractivity contribution in [2.24, 2.45) is 0 Å². The summed E-state index contributed by atoms with van der Waals surface area (Å²) in [5, 5.41) is 3.26. The smallest absolute Gasteiger partial charge is 0.416 e. The van der Waals surface area contributed by atoms with Crippen LogP contribution in [0.1, 0.15) is 5.56 Å². The number of halogens is 3. The van der Waals surface area contributed by atoms with E-state index in [0.29, 0.717) is 4.90 Å². The molecule has 0 atom stereocenters. The number of hydrogen-bond acceptors (Lipinski definition) is 4. The summed E-state index contributed by atoms with van der Waals surface area (Å²) >= 11 is 1.34. The van der Waals surface area contributed by atoms with E-state index in [-0.39, 0.29) is 0 Å². The lowest BCUT2D eigenvalue weighted by Crippen LogP contribution is -2.43. The van der Waals surface area contributed by atoms with Crippen LogP contribution < -0.4 is 15.0 Å². The number of nitrogens with one attached hydrogen (secondary N) is 1. The van der Waals surface area contributed by atoms with E-state index in [4.69, 9.17) is 4.74 Å². The second-order valence-corrected chi connectivity index (χ2v) is 6.81. The van der Waals surface area contributed by atoms with Crippen molar-refractivity contribution in [1.82, 2.24) is 5.32 Å². The third-order valence-electron chi connectivity index (χ3n) is 4.03. The minimum absolute atomic E-state index is 0.613. The quantitative estimate of drug-likeness (QED) is 0.871. The molecule has 0 bridgehead atoms.